The number of aromatic nitrogens is 1. The van der Waals surface area contributed by atoms with Crippen molar-refractivity contribution in [3.8, 4) is 0 Å². The maximum atomic E-state index is 5.89. The third kappa shape index (κ3) is 4.39. The lowest BCUT2D eigenvalue weighted by Crippen LogP contribution is -2.26. The van der Waals surface area contributed by atoms with Crippen molar-refractivity contribution in [1.82, 2.24) is 10.3 Å². The third-order valence-corrected chi connectivity index (χ3v) is 3.64. The van der Waals surface area contributed by atoms with E-state index in [1.54, 1.807) is 0 Å². The van der Waals surface area contributed by atoms with Gasteiger partial charge in [0, 0.05) is 25.0 Å². The largest absolute Gasteiger partial charge is 0.377 e. The Hall–Kier alpha value is -0.930. The molecule has 1 fully saturated rings. The maximum Gasteiger partial charge on any atom is 0.0594 e. The van der Waals surface area contributed by atoms with Crippen LogP contribution in [0.3, 0.4) is 0 Å². The summed E-state index contributed by atoms with van der Waals surface area (Å²) >= 11 is 0. The van der Waals surface area contributed by atoms with Crippen molar-refractivity contribution >= 4 is 0 Å². The van der Waals surface area contributed by atoms with Crippen LogP contribution in [0.1, 0.15) is 50.6 Å². The molecule has 0 bridgehead atoms. The van der Waals surface area contributed by atoms with Gasteiger partial charge in [0.1, 0.15) is 0 Å². The van der Waals surface area contributed by atoms with Gasteiger partial charge in [0.15, 0.2) is 0 Å². The van der Waals surface area contributed by atoms with Crippen LogP contribution in [-0.4, -0.2) is 24.2 Å². The topological polar surface area (TPSA) is 34.1 Å². The van der Waals surface area contributed by atoms with Crippen LogP contribution in [0.25, 0.3) is 0 Å². The van der Waals surface area contributed by atoms with Crippen molar-refractivity contribution in [3.63, 3.8) is 0 Å². The van der Waals surface area contributed by atoms with Crippen molar-refractivity contribution < 1.29 is 4.74 Å². The lowest BCUT2D eigenvalue weighted by Gasteiger charge is -2.22. The van der Waals surface area contributed by atoms with Crippen molar-refractivity contribution in [2.45, 2.75) is 51.2 Å². The maximum absolute atomic E-state index is 5.89. The minimum Gasteiger partial charge on any atom is -0.377 e. The van der Waals surface area contributed by atoms with E-state index in [4.69, 9.17) is 4.74 Å². The van der Waals surface area contributed by atoms with E-state index in [1.165, 1.54) is 37.7 Å². The molecule has 1 N–H and O–H groups in total. The van der Waals surface area contributed by atoms with Gasteiger partial charge < -0.3 is 10.1 Å². The van der Waals surface area contributed by atoms with Crippen LogP contribution in [0.2, 0.25) is 0 Å². The Morgan fingerprint density at radius 1 is 1.39 bits per heavy atom. The van der Waals surface area contributed by atoms with Gasteiger partial charge in [0.25, 0.3) is 0 Å². The molecule has 18 heavy (non-hydrogen) atoms. The van der Waals surface area contributed by atoms with Gasteiger partial charge in [-0.05, 0) is 31.4 Å². The van der Waals surface area contributed by atoms with Gasteiger partial charge >= 0.3 is 0 Å². The Kier molecular flexibility index (Phi) is 5.62. The number of rotatable bonds is 6. The summed E-state index contributed by atoms with van der Waals surface area (Å²) in [5, 5.41) is 3.47. The predicted octanol–water partition coefficient (Wildman–Crippen LogP) is 3.08. The smallest absolute Gasteiger partial charge is 0.0594 e. The summed E-state index contributed by atoms with van der Waals surface area (Å²) < 4.78 is 5.89. The standard InChI is InChI=1S/C15H24N2O/c1-13(14-6-5-9-16-12-14)17-10-11-18-15-7-3-2-4-8-15/h5-6,9,12-13,15,17H,2-4,7-8,10-11H2,1H3. The molecule has 0 spiro atoms. The van der Waals surface area contributed by atoms with E-state index in [0.717, 1.165) is 13.2 Å². The highest BCUT2D eigenvalue weighted by Gasteiger charge is 2.13. The van der Waals surface area contributed by atoms with Crippen molar-refractivity contribution in [2.24, 2.45) is 0 Å². The quantitative estimate of drug-likeness (QED) is 0.786. The second-order valence-electron chi connectivity index (χ2n) is 5.09. The molecule has 1 heterocycles. The third-order valence-electron chi connectivity index (χ3n) is 3.64. The summed E-state index contributed by atoms with van der Waals surface area (Å²) in [6.45, 7) is 3.89. The average Bonchev–Trinajstić information content (AvgIpc) is 2.45. The van der Waals surface area contributed by atoms with Crippen molar-refractivity contribution in [2.75, 3.05) is 13.2 Å². The molecule has 3 nitrogen and oxygen atoms in total. The van der Waals surface area contributed by atoms with Crippen LogP contribution in [-0.2, 0) is 4.74 Å². The van der Waals surface area contributed by atoms with Crippen LogP contribution in [0.5, 0.6) is 0 Å². The predicted molar refractivity (Wildman–Crippen MR) is 73.5 cm³/mol. The van der Waals surface area contributed by atoms with Gasteiger partial charge in [-0.2, -0.15) is 0 Å². The van der Waals surface area contributed by atoms with Crippen molar-refractivity contribution in [1.29, 1.82) is 0 Å². The van der Waals surface area contributed by atoms with Crippen LogP contribution >= 0.6 is 0 Å². The van der Waals surface area contributed by atoms with Crippen molar-refractivity contribution in [3.05, 3.63) is 30.1 Å². The fraction of sp³-hybridized carbons (Fsp3) is 0.667. The molecule has 100 valence electrons. The van der Waals surface area contributed by atoms with E-state index in [1.807, 2.05) is 18.5 Å². The highest BCUT2D eigenvalue weighted by Crippen LogP contribution is 2.20. The van der Waals surface area contributed by atoms with Crippen LogP contribution in [0.4, 0.5) is 0 Å². The molecule has 1 aliphatic carbocycles. The first-order valence-electron chi connectivity index (χ1n) is 7.11. The fourth-order valence-electron chi connectivity index (χ4n) is 2.48. The highest BCUT2D eigenvalue weighted by atomic mass is 16.5. The second kappa shape index (κ2) is 7.49. The molecule has 0 aromatic carbocycles. The zero-order chi connectivity index (χ0) is 12.6. The van der Waals surface area contributed by atoms with Gasteiger partial charge in [-0.3, -0.25) is 4.98 Å². The molecule has 0 amide bonds. The summed E-state index contributed by atoms with van der Waals surface area (Å²) in [4.78, 5) is 4.14. The minimum absolute atomic E-state index is 0.341. The number of pyridine rings is 1. The van der Waals surface area contributed by atoms with Crippen LogP contribution in [0.15, 0.2) is 24.5 Å². The molecule has 1 aromatic heterocycles. The Morgan fingerprint density at radius 2 is 2.22 bits per heavy atom. The number of nitrogens with one attached hydrogen (secondary N) is 1. The molecule has 3 heteroatoms. The summed E-state index contributed by atoms with van der Waals surface area (Å²) in [5.74, 6) is 0. The summed E-state index contributed by atoms with van der Waals surface area (Å²) in [6.07, 6.45) is 10.8. The average molecular weight is 248 g/mol. The lowest BCUT2D eigenvalue weighted by molar-refractivity contribution is 0.0295. The van der Waals surface area contributed by atoms with Crippen LogP contribution in [0, 0.1) is 0 Å². The Labute approximate surface area is 110 Å². The van der Waals surface area contributed by atoms with Gasteiger partial charge in [0.05, 0.1) is 12.7 Å². The van der Waals surface area contributed by atoms with Gasteiger partial charge in [-0.25, -0.2) is 0 Å². The van der Waals surface area contributed by atoms with E-state index < -0.39 is 0 Å². The molecule has 1 atom stereocenters. The normalized spacial score (nSPS) is 18.7. The molecule has 1 saturated carbocycles. The summed E-state index contributed by atoms with van der Waals surface area (Å²) in [6, 6.07) is 4.42. The zero-order valence-electron chi connectivity index (χ0n) is 11.3. The molecule has 0 radical (unpaired) electrons. The molecule has 1 aliphatic rings. The molecule has 0 aliphatic heterocycles. The number of nitrogens with zero attached hydrogens (tertiary/aromatic N) is 1. The Bertz CT molecular complexity index is 323. The van der Waals surface area contributed by atoms with E-state index in [2.05, 4.69) is 23.3 Å². The summed E-state index contributed by atoms with van der Waals surface area (Å²) in [5.41, 5.74) is 1.23. The molecule has 0 saturated heterocycles. The SMILES string of the molecule is CC(NCCOC1CCCCC1)c1cccnc1. The Balaban J connectivity index is 1.60. The van der Waals surface area contributed by atoms with E-state index in [-0.39, 0.29) is 0 Å². The van der Waals surface area contributed by atoms with Crippen LogP contribution < -0.4 is 5.32 Å². The number of hydrogen-bond donors (Lipinski definition) is 1. The van der Waals surface area contributed by atoms with Gasteiger partial charge in [-0.15, -0.1) is 0 Å². The highest BCUT2D eigenvalue weighted by molar-refractivity contribution is 5.12. The molecular weight excluding hydrogens is 224 g/mol. The first-order chi connectivity index (χ1) is 8.86. The molecule has 2 rings (SSSR count). The lowest BCUT2D eigenvalue weighted by atomic mass is 9.98. The first-order valence-corrected chi connectivity index (χ1v) is 7.11. The number of ether oxygens (including phenoxy) is 1. The van der Waals surface area contributed by atoms with E-state index in [9.17, 15) is 0 Å². The van der Waals surface area contributed by atoms with Gasteiger partial charge in [0.2, 0.25) is 0 Å². The van der Waals surface area contributed by atoms with E-state index >= 15 is 0 Å². The molecule has 1 aromatic rings. The zero-order valence-corrected chi connectivity index (χ0v) is 11.3. The number of hydrogen-bond acceptors (Lipinski definition) is 3. The summed E-state index contributed by atoms with van der Waals surface area (Å²) in [7, 11) is 0. The van der Waals surface area contributed by atoms with E-state index in [0.29, 0.717) is 12.1 Å². The molecular formula is C15H24N2O. The minimum atomic E-state index is 0.341. The second-order valence-corrected chi connectivity index (χ2v) is 5.09. The first kappa shape index (κ1) is 13.5. The van der Waals surface area contributed by atoms with Gasteiger partial charge in [-0.1, -0.05) is 25.3 Å². The Morgan fingerprint density at radius 3 is 2.94 bits per heavy atom. The fourth-order valence-corrected chi connectivity index (χ4v) is 2.48. The molecule has 1 unspecified atom stereocenters. The monoisotopic (exact) mass is 248 g/mol.